The van der Waals surface area contributed by atoms with Gasteiger partial charge in [0.05, 0.1) is 13.1 Å². The molecule has 0 aromatic carbocycles. The van der Waals surface area contributed by atoms with Crippen LogP contribution in [0, 0.1) is 5.92 Å². The number of hydrogen-bond acceptors (Lipinski definition) is 4. The number of nitrogens with one attached hydrogen (secondary N) is 1. The molecule has 0 saturated carbocycles. The second kappa shape index (κ2) is 6.00. The van der Waals surface area contributed by atoms with Crippen LogP contribution in [0.3, 0.4) is 0 Å². The molecule has 1 aliphatic heterocycles. The minimum absolute atomic E-state index is 0.182. The van der Waals surface area contributed by atoms with Gasteiger partial charge in [0, 0.05) is 5.25 Å². The van der Waals surface area contributed by atoms with Crippen LogP contribution in [0.4, 0.5) is 0 Å². The summed E-state index contributed by atoms with van der Waals surface area (Å²) in [5, 5.41) is 4.38. The third-order valence-electron chi connectivity index (χ3n) is 2.67. The molecule has 1 atom stereocenters. The van der Waals surface area contributed by atoms with Gasteiger partial charge < -0.3 is 11.1 Å². The summed E-state index contributed by atoms with van der Waals surface area (Å²) in [5.74, 6) is 0.371. The number of amidine groups is 1. The number of primary amides is 1. The maximum atomic E-state index is 10.6. The van der Waals surface area contributed by atoms with Gasteiger partial charge in [-0.2, -0.15) is 0 Å². The van der Waals surface area contributed by atoms with Crippen molar-refractivity contribution in [3.8, 4) is 0 Å². The Morgan fingerprint density at radius 3 is 2.87 bits per heavy atom. The third kappa shape index (κ3) is 3.74. The Morgan fingerprint density at radius 1 is 1.67 bits per heavy atom. The highest BCUT2D eigenvalue weighted by atomic mass is 32.2. The Labute approximate surface area is 95.1 Å². The summed E-state index contributed by atoms with van der Waals surface area (Å²) in [5.41, 5.74) is 5.05. The van der Waals surface area contributed by atoms with Crippen molar-refractivity contribution in [3.05, 3.63) is 0 Å². The Morgan fingerprint density at radius 2 is 2.33 bits per heavy atom. The molecule has 1 amide bonds. The number of amides is 1. The molecule has 5 heteroatoms. The average molecular weight is 229 g/mol. The lowest BCUT2D eigenvalue weighted by Gasteiger charge is -2.18. The van der Waals surface area contributed by atoms with Crippen molar-refractivity contribution in [2.45, 2.75) is 31.9 Å². The highest BCUT2D eigenvalue weighted by Gasteiger charge is 2.25. The van der Waals surface area contributed by atoms with E-state index in [0.29, 0.717) is 11.2 Å². The van der Waals surface area contributed by atoms with Crippen molar-refractivity contribution < 1.29 is 4.79 Å². The van der Waals surface area contributed by atoms with E-state index >= 15 is 0 Å². The predicted octanol–water partition coefficient (Wildman–Crippen LogP) is 0.969. The average Bonchev–Trinajstić information content (AvgIpc) is 2.65. The summed E-state index contributed by atoms with van der Waals surface area (Å²) in [6.45, 7) is 5.46. The van der Waals surface area contributed by atoms with E-state index in [4.69, 9.17) is 5.73 Å². The molecule has 4 nitrogen and oxygen atoms in total. The maximum absolute atomic E-state index is 10.6. The van der Waals surface area contributed by atoms with Gasteiger partial charge in [0.25, 0.3) is 0 Å². The summed E-state index contributed by atoms with van der Waals surface area (Å²) >= 11 is 1.74. The van der Waals surface area contributed by atoms with E-state index in [9.17, 15) is 4.79 Å². The molecule has 1 rings (SSSR count). The fraction of sp³-hybridized carbons (Fsp3) is 0.800. The molecule has 1 unspecified atom stereocenters. The molecule has 1 aliphatic rings. The van der Waals surface area contributed by atoms with E-state index in [1.165, 1.54) is 12.8 Å². The van der Waals surface area contributed by atoms with Crippen LogP contribution in [0.2, 0.25) is 0 Å². The zero-order chi connectivity index (χ0) is 11.3. The van der Waals surface area contributed by atoms with Crippen molar-refractivity contribution in [1.82, 2.24) is 5.32 Å². The monoisotopic (exact) mass is 229 g/mol. The minimum atomic E-state index is -0.343. The lowest BCUT2D eigenvalue weighted by molar-refractivity contribution is -0.116. The van der Waals surface area contributed by atoms with E-state index in [-0.39, 0.29) is 12.5 Å². The summed E-state index contributed by atoms with van der Waals surface area (Å²) in [4.78, 5) is 14.9. The highest BCUT2D eigenvalue weighted by Crippen LogP contribution is 2.30. The molecule has 0 bridgehead atoms. The fourth-order valence-corrected chi connectivity index (χ4v) is 3.03. The number of carbonyl (C=O) groups excluding carboxylic acids is 1. The topological polar surface area (TPSA) is 67.5 Å². The molecule has 15 heavy (non-hydrogen) atoms. The molecule has 1 heterocycles. The van der Waals surface area contributed by atoms with Crippen LogP contribution in [-0.4, -0.2) is 29.4 Å². The normalized spacial score (nSPS) is 20.5. The number of carbonyl (C=O) groups is 1. The van der Waals surface area contributed by atoms with Crippen LogP contribution in [0.15, 0.2) is 4.99 Å². The van der Waals surface area contributed by atoms with Crippen molar-refractivity contribution >= 4 is 22.8 Å². The Bertz CT molecular complexity index is 251. The Balaban J connectivity index is 2.33. The molecule has 3 N–H and O–H groups in total. The summed E-state index contributed by atoms with van der Waals surface area (Å²) in [6, 6.07) is 0. The van der Waals surface area contributed by atoms with Crippen molar-refractivity contribution in [3.63, 3.8) is 0 Å². The largest absolute Gasteiger partial charge is 0.368 e. The van der Waals surface area contributed by atoms with Gasteiger partial charge in [0.15, 0.2) is 5.17 Å². The number of aliphatic imine (C=N–C) groups is 1. The number of nitrogens with two attached hydrogens (primary N) is 1. The molecule has 86 valence electrons. The molecule has 0 aromatic heterocycles. The second-order valence-corrected chi connectivity index (χ2v) is 4.93. The summed E-state index contributed by atoms with van der Waals surface area (Å²) in [6.07, 6.45) is 2.37. The van der Waals surface area contributed by atoms with Crippen LogP contribution in [-0.2, 0) is 4.79 Å². The van der Waals surface area contributed by atoms with Gasteiger partial charge >= 0.3 is 0 Å². The van der Waals surface area contributed by atoms with E-state index < -0.39 is 0 Å². The first-order chi connectivity index (χ1) is 7.17. The van der Waals surface area contributed by atoms with Gasteiger partial charge in [0.1, 0.15) is 0 Å². The molecular formula is C10H19N3OS. The zero-order valence-electron chi connectivity index (χ0n) is 9.32. The van der Waals surface area contributed by atoms with Gasteiger partial charge in [-0.1, -0.05) is 38.5 Å². The number of rotatable bonds is 5. The highest BCUT2D eigenvalue weighted by molar-refractivity contribution is 8.14. The lowest BCUT2D eigenvalue weighted by atomic mass is 9.99. The molecule has 0 fully saturated rings. The molecule has 0 radical (unpaired) electrons. The SMILES string of the molecule is CCC(CC)C1CN=C(NCC(N)=O)S1. The van der Waals surface area contributed by atoms with E-state index in [2.05, 4.69) is 24.2 Å². The molecule has 0 spiro atoms. The van der Waals surface area contributed by atoms with Gasteiger partial charge in [-0.3, -0.25) is 9.79 Å². The van der Waals surface area contributed by atoms with Gasteiger partial charge in [-0.05, 0) is 5.92 Å². The van der Waals surface area contributed by atoms with E-state index in [1.807, 2.05) is 0 Å². The van der Waals surface area contributed by atoms with E-state index in [0.717, 1.165) is 11.7 Å². The Hall–Kier alpha value is -0.710. The molecule has 0 aromatic rings. The minimum Gasteiger partial charge on any atom is -0.368 e. The van der Waals surface area contributed by atoms with Crippen molar-refractivity contribution in [1.29, 1.82) is 0 Å². The van der Waals surface area contributed by atoms with Crippen LogP contribution >= 0.6 is 11.8 Å². The lowest BCUT2D eigenvalue weighted by Crippen LogP contribution is -2.31. The predicted molar refractivity (Wildman–Crippen MR) is 65.0 cm³/mol. The quantitative estimate of drug-likeness (QED) is 0.738. The molecular weight excluding hydrogens is 210 g/mol. The van der Waals surface area contributed by atoms with Gasteiger partial charge in [-0.25, -0.2) is 0 Å². The molecule has 0 aliphatic carbocycles. The summed E-state index contributed by atoms with van der Waals surface area (Å²) < 4.78 is 0. The fourth-order valence-electron chi connectivity index (χ4n) is 1.71. The molecule has 0 saturated heterocycles. The number of nitrogens with zero attached hydrogens (tertiary/aromatic N) is 1. The van der Waals surface area contributed by atoms with Crippen LogP contribution in [0.1, 0.15) is 26.7 Å². The van der Waals surface area contributed by atoms with Crippen LogP contribution in [0.25, 0.3) is 0 Å². The van der Waals surface area contributed by atoms with Crippen molar-refractivity contribution in [2.24, 2.45) is 16.6 Å². The summed E-state index contributed by atoms with van der Waals surface area (Å²) in [7, 11) is 0. The first-order valence-electron chi connectivity index (χ1n) is 5.40. The van der Waals surface area contributed by atoms with Crippen molar-refractivity contribution in [2.75, 3.05) is 13.1 Å². The van der Waals surface area contributed by atoms with Crippen LogP contribution in [0.5, 0.6) is 0 Å². The van der Waals surface area contributed by atoms with E-state index in [1.54, 1.807) is 11.8 Å². The maximum Gasteiger partial charge on any atom is 0.236 e. The first kappa shape index (κ1) is 12.4. The number of thioether (sulfide) groups is 1. The smallest absolute Gasteiger partial charge is 0.236 e. The van der Waals surface area contributed by atoms with Crippen LogP contribution < -0.4 is 11.1 Å². The zero-order valence-corrected chi connectivity index (χ0v) is 10.1. The van der Waals surface area contributed by atoms with Gasteiger partial charge in [-0.15, -0.1) is 0 Å². The second-order valence-electron chi connectivity index (χ2n) is 3.70. The Kier molecular flexibility index (Phi) is 4.94. The van der Waals surface area contributed by atoms with Gasteiger partial charge in [0.2, 0.25) is 5.91 Å². The number of hydrogen-bond donors (Lipinski definition) is 2. The first-order valence-corrected chi connectivity index (χ1v) is 6.28. The third-order valence-corrected chi connectivity index (χ3v) is 4.00. The standard InChI is InChI=1S/C10H19N3OS/c1-3-7(4-2)8-5-12-10(15-8)13-6-9(11)14/h7-8H,3-6H2,1-2H3,(H2,11,14)(H,12,13).